The number of hydrogen-bond acceptors (Lipinski definition) is 5. The van der Waals surface area contributed by atoms with Gasteiger partial charge in [-0.05, 0) is 31.7 Å². The molecule has 0 aliphatic carbocycles. The van der Waals surface area contributed by atoms with Gasteiger partial charge in [0.05, 0.1) is 11.2 Å². The highest BCUT2D eigenvalue weighted by Crippen LogP contribution is 2.18. The first kappa shape index (κ1) is 16.0. The van der Waals surface area contributed by atoms with Gasteiger partial charge in [-0.2, -0.15) is 0 Å². The fourth-order valence-electron chi connectivity index (χ4n) is 1.81. The molecule has 21 heavy (non-hydrogen) atoms. The molecule has 1 aromatic heterocycles. The summed E-state index contributed by atoms with van der Waals surface area (Å²) < 4.78 is 40.6. The quantitative estimate of drug-likeness (QED) is 0.847. The number of hydrogen-bond donors (Lipinski definition) is 2. The Morgan fingerprint density at radius 3 is 2.67 bits per heavy atom. The van der Waals surface area contributed by atoms with E-state index in [-0.39, 0.29) is 11.4 Å². The molecule has 0 bridgehead atoms. The van der Waals surface area contributed by atoms with Crippen LogP contribution in [0.5, 0.6) is 0 Å². The van der Waals surface area contributed by atoms with Crippen molar-refractivity contribution in [3.05, 3.63) is 45.7 Å². The first-order valence-electron chi connectivity index (χ1n) is 6.25. The Labute approximate surface area is 127 Å². The molecule has 0 saturated heterocycles. The summed E-state index contributed by atoms with van der Waals surface area (Å²) in [6.45, 7) is 2.38. The molecule has 1 heterocycles. The van der Waals surface area contributed by atoms with Crippen LogP contribution in [0.2, 0.25) is 0 Å². The lowest BCUT2D eigenvalue weighted by Crippen LogP contribution is -2.24. The third-order valence-corrected chi connectivity index (χ3v) is 5.30. The molecule has 0 spiro atoms. The molecule has 0 saturated carbocycles. The van der Waals surface area contributed by atoms with E-state index in [9.17, 15) is 12.8 Å². The second-order valence-corrected chi connectivity index (χ2v) is 7.16. The van der Waals surface area contributed by atoms with Gasteiger partial charge in [-0.1, -0.05) is 6.07 Å². The molecule has 0 radical (unpaired) electrons. The minimum absolute atomic E-state index is 0.108. The number of thiazole rings is 1. The van der Waals surface area contributed by atoms with Crippen molar-refractivity contribution >= 4 is 21.4 Å². The van der Waals surface area contributed by atoms with E-state index in [1.165, 1.54) is 23.5 Å². The summed E-state index contributed by atoms with van der Waals surface area (Å²) >= 11 is 1.36. The summed E-state index contributed by atoms with van der Waals surface area (Å²) in [5.74, 6) is -0.753. The third-order valence-electron chi connectivity index (χ3n) is 2.93. The molecule has 2 aromatic rings. The van der Waals surface area contributed by atoms with E-state index in [4.69, 9.17) is 0 Å². The van der Waals surface area contributed by atoms with Crippen molar-refractivity contribution in [3.8, 4) is 0 Å². The lowest BCUT2D eigenvalue weighted by atomic mass is 10.2. The van der Waals surface area contributed by atoms with E-state index in [0.717, 1.165) is 10.6 Å². The van der Waals surface area contributed by atoms with Crippen LogP contribution in [0.15, 0.2) is 28.6 Å². The van der Waals surface area contributed by atoms with E-state index in [2.05, 4.69) is 15.0 Å². The standard InChI is InChI=1S/C13H16FN3O2S2/c1-9-12(20-8-16-9)7-17-21(18,19)13-4-3-10(6-15-2)5-11(13)14/h3-5,8,15,17H,6-7H2,1-2H3. The highest BCUT2D eigenvalue weighted by atomic mass is 32.2. The third kappa shape index (κ3) is 3.85. The molecule has 0 unspecified atom stereocenters. The topological polar surface area (TPSA) is 71.1 Å². The van der Waals surface area contributed by atoms with Gasteiger partial charge in [-0.3, -0.25) is 0 Å². The van der Waals surface area contributed by atoms with Crippen molar-refractivity contribution in [2.75, 3.05) is 7.05 Å². The molecule has 0 atom stereocenters. The first-order chi connectivity index (χ1) is 9.94. The van der Waals surface area contributed by atoms with Crippen LogP contribution in [-0.4, -0.2) is 20.4 Å². The smallest absolute Gasteiger partial charge is 0.243 e. The number of nitrogens with one attached hydrogen (secondary N) is 2. The summed E-state index contributed by atoms with van der Waals surface area (Å²) in [4.78, 5) is 4.51. The molecule has 1 aromatic carbocycles. The number of aromatic nitrogens is 1. The molecule has 0 aliphatic heterocycles. The van der Waals surface area contributed by atoms with Gasteiger partial charge in [-0.15, -0.1) is 11.3 Å². The number of sulfonamides is 1. The van der Waals surface area contributed by atoms with Crippen LogP contribution in [0.3, 0.4) is 0 Å². The predicted molar refractivity (Wildman–Crippen MR) is 80.0 cm³/mol. The minimum Gasteiger partial charge on any atom is -0.316 e. The summed E-state index contributed by atoms with van der Waals surface area (Å²) in [6.07, 6.45) is 0. The van der Waals surface area contributed by atoms with Crippen molar-refractivity contribution in [1.29, 1.82) is 0 Å². The molecular weight excluding hydrogens is 313 g/mol. The van der Waals surface area contributed by atoms with Gasteiger partial charge in [0.1, 0.15) is 10.7 Å². The highest BCUT2D eigenvalue weighted by Gasteiger charge is 2.19. The molecule has 0 amide bonds. The monoisotopic (exact) mass is 329 g/mol. The summed E-state index contributed by atoms with van der Waals surface area (Å²) in [7, 11) is -2.14. The second kappa shape index (κ2) is 6.61. The molecule has 0 fully saturated rings. The summed E-state index contributed by atoms with van der Waals surface area (Å²) in [5, 5.41) is 2.88. The van der Waals surface area contributed by atoms with Gasteiger partial charge < -0.3 is 5.32 Å². The van der Waals surface area contributed by atoms with Crippen LogP contribution in [-0.2, 0) is 23.1 Å². The van der Waals surface area contributed by atoms with E-state index in [1.807, 2.05) is 0 Å². The van der Waals surface area contributed by atoms with E-state index in [0.29, 0.717) is 12.1 Å². The van der Waals surface area contributed by atoms with Crippen molar-refractivity contribution in [2.24, 2.45) is 0 Å². The van der Waals surface area contributed by atoms with Gasteiger partial charge in [-0.25, -0.2) is 22.5 Å². The molecular formula is C13H16FN3O2S2. The van der Waals surface area contributed by atoms with E-state index in [1.54, 1.807) is 25.5 Å². The Kier molecular flexibility index (Phi) is 5.04. The Bertz CT molecular complexity index is 729. The van der Waals surface area contributed by atoms with Crippen molar-refractivity contribution in [1.82, 2.24) is 15.0 Å². The zero-order valence-electron chi connectivity index (χ0n) is 11.7. The number of halogens is 1. The van der Waals surface area contributed by atoms with Crippen LogP contribution in [0.25, 0.3) is 0 Å². The average molecular weight is 329 g/mol. The average Bonchev–Trinajstić information content (AvgIpc) is 2.82. The van der Waals surface area contributed by atoms with Gasteiger partial charge in [0.2, 0.25) is 10.0 Å². The number of benzene rings is 1. The molecule has 2 N–H and O–H groups in total. The Morgan fingerprint density at radius 1 is 1.33 bits per heavy atom. The molecule has 114 valence electrons. The summed E-state index contributed by atoms with van der Waals surface area (Å²) in [5.41, 5.74) is 3.10. The highest BCUT2D eigenvalue weighted by molar-refractivity contribution is 7.89. The Morgan fingerprint density at radius 2 is 2.10 bits per heavy atom. The fraction of sp³-hybridized carbons (Fsp3) is 0.308. The lowest BCUT2D eigenvalue weighted by Gasteiger charge is -2.08. The Balaban J connectivity index is 2.17. The maximum Gasteiger partial charge on any atom is 0.243 e. The van der Waals surface area contributed by atoms with Crippen molar-refractivity contribution in [2.45, 2.75) is 24.9 Å². The van der Waals surface area contributed by atoms with E-state index < -0.39 is 15.8 Å². The number of aryl methyl sites for hydroxylation is 1. The first-order valence-corrected chi connectivity index (χ1v) is 8.62. The number of nitrogens with zero attached hydrogens (tertiary/aromatic N) is 1. The largest absolute Gasteiger partial charge is 0.316 e. The molecule has 0 aliphatic rings. The van der Waals surface area contributed by atoms with Crippen LogP contribution in [0.1, 0.15) is 16.1 Å². The summed E-state index contributed by atoms with van der Waals surface area (Å²) in [6, 6.07) is 4.10. The van der Waals surface area contributed by atoms with Crippen LogP contribution >= 0.6 is 11.3 Å². The maximum absolute atomic E-state index is 14.0. The van der Waals surface area contributed by atoms with Crippen molar-refractivity contribution in [3.63, 3.8) is 0 Å². The lowest BCUT2D eigenvalue weighted by molar-refractivity contribution is 0.555. The van der Waals surface area contributed by atoms with Crippen LogP contribution in [0, 0.1) is 12.7 Å². The second-order valence-electron chi connectivity index (χ2n) is 4.48. The van der Waals surface area contributed by atoms with Gasteiger partial charge in [0.25, 0.3) is 0 Å². The zero-order chi connectivity index (χ0) is 15.5. The molecule has 8 heteroatoms. The maximum atomic E-state index is 14.0. The predicted octanol–water partition coefficient (Wildman–Crippen LogP) is 1.79. The Hall–Kier alpha value is -1.35. The van der Waals surface area contributed by atoms with E-state index >= 15 is 0 Å². The fourth-order valence-corrected chi connectivity index (χ4v) is 3.67. The normalized spacial score (nSPS) is 11.8. The van der Waals surface area contributed by atoms with Gasteiger partial charge in [0, 0.05) is 18.0 Å². The minimum atomic E-state index is -3.88. The zero-order valence-corrected chi connectivity index (χ0v) is 13.3. The molecule has 2 rings (SSSR count). The van der Waals surface area contributed by atoms with Crippen LogP contribution < -0.4 is 10.0 Å². The number of rotatable bonds is 6. The van der Waals surface area contributed by atoms with Crippen LogP contribution in [0.4, 0.5) is 4.39 Å². The van der Waals surface area contributed by atoms with Gasteiger partial charge >= 0.3 is 0 Å². The molecule has 5 nitrogen and oxygen atoms in total. The SMILES string of the molecule is CNCc1ccc(S(=O)(=O)NCc2scnc2C)c(F)c1. The van der Waals surface area contributed by atoms with Gasteiger partial charge in [0.15, 0.2) is 0 Å². The van der Waals surface area contributed by atoms with Crippen molar-refractivity contribution < 1.29 is 12.8 Å².